The molecule has 4 heterocycles. The van der Waals surface area contributed by atoms with E-state index in [4.69, 9.17) is 16.4 Å². The van der Waals surface area contributed by atoms with Crippen molar-refractivity contribution in [3.63, 3.8) is 0 Å². The Hall–Kier alpha value is -5.38. The van der Waals surface area contributed by atoms with Gasteiger partial charge in [0, 0.05) is 50.7 Å². The number of aldehydes is 1. The average molecular weight is 799 g/mol. The highest BCUT2D eigenvalue weighted by Crippen LogP contribution is 2.29. The molecule has 0 aliphatic carbocycles. The summed E-state index contributed by atoms with van der Waals surface area (Å²) in [6, 6.07) is 7.80. The summed E-state index contributed by atoms with van der Waals surface area (Å²) >= 11 is 6.34. The molecule has 0 radical (unpaired) electrons. The van der Waals surface area contributed by atoms with Crippen LogP contribution in [0.15, 0.2) is 42.9 Å². The number of benzene rings is 1. The topological polar surface area (TPSA) is 167 Å². The standard InChI is InChI=1S/C25H27ClN8O2.C4F6O2.C2HF3O/c1-16(35)34-8-6-33(7-9-34)15-23(36)31-22-5-4-19-11-18(22)3-2-17-10-20(13-27-12-17)30-25-28-14-21(26)24(29-19)32-25;5-3(6,7)1(11)2(12)4(8,9)10;3-2(4,5)1-6/h4-5,10-14H,2-3,6-9,15H2,1H3,(H,31,36)(H2,28,29,30,32);;1H. The van der Waals surface area contributed by atoms with Gasteiger partial charge in [-0.3, -0.25) is 33.9 Å². The number of rotatable bonds is 4. The Morgan fingerprint density at radius 1 is 0.852 bits per heavy atom. The molecule has 2 aliphatic rings. The first kappa shape index (κ1) is 43.0. The second kappa shape index (κ2) is 18.1. The van der Waals surface area contributed by atoms with E-state index in [1.54, 1.807) is 19.3 Å². The van der Waals surface area contributed by atoms with Crippen molar-refractivity contribution >= 4 is 70.1 Å². The van der Waals surface area contributed by atoms with Crippen LogP contribution in [0.5, 0.6) is 0 Å². The van der Waals surface area contributed by atoms with Crippen LogP contribution in [-0.4, -0.2) is 106 Å². The molecular formula is C31H28ClF9N8O5. The summed E-state index contributed by atoms with van der Waals surface area (Å²) in [6.07, 6.45) is -10.7. The van der Waals surface area contributed by atoms with E-state index in [1.807, 2.05) is 35.4 Å². The van der Waals surface area contributed by atoms with Crippen molar-refractivity contribution in [3.05, 3.63) is 59.0 Å². The monoisotopic (exact) mass is 798 g/mol. The third kappa shape index (κ3) is 13.5. The minimum atomic E-state index is -5.77. The maximum absolute atomic E-state index is 12.9. The van der Waals surface area contributed by atoms with Crippen molar-refractivity contribution in [2.45, 2.75) is 38.3 Å². The molecule has 1 saturated heterocycles. The molecule has 2 aromatic heterocycles. The van der Waals surface area contributed by atoms with Crippen molar-refractivity contribution in [2.75, 3.05) is 48.7 Å². The van der Waals surface area contributed by atoms with Crippen LogP contribution in [0.3, 0.4) is 0 Å². The zero-order valence-electron chi connectivity index (χ0n) is 27.6. The predicted octanol–water partition coefficient (Wildman–Crippen LogP) is 5.21. The minimum Gasteiger partial charge on any atom is -0.340 e. The Kier molecular flexibility index (Phi) is 14.4. The Morgan fingerprint density at radius 3 is 2.02 bits per heavy atom. The molecule has 13 nitrogen and oxygen atoms in total. The van der Waals surface area contributed by atoms with Gasteiger partial charge in [-0.15, -0.1) is 0 Å². The number of nitrogens with zero attached hydrogens (tertiary/aromatic N) is 5. The molecule has 0 unspecified atom stereocenters. The van der Waals surface area contributed by atoms with Crippen LogP contribution in [0.4, 0.5) is 68.3 Å². The molecule has 2 amide bonds. The number of hydrogen-bond donors (Lipinski definition) is 3. The maximum atomic E-state index is 12.9. The fraction of sp³-hybridized carbons (Fsp3) is 0.355. The molecular weight excluding hydrogens is 771 g/mol. The van der Waals surface area contributed by atoms with E-state index in [9.17, 15) is 58.7 Å². The number of fused-ring (bicyclic) bond motifs is 6. The molecule has 5 rings (SSSR count). The number of pyridine rings is 1. The highest BCUT2D eigenvalue weighted by atomic mass is 35.5. The summed E-state index contributed by atoms with van der Waals surface area (Å²) in [5.41, 5.74) is 4.38. The van der Waals surface area contributed by atoms with Crippen LogP contribution in [0.25, 0.3) is 0 Å². The largest absolute Gasteiger partial charge is 0.458 e. The first-order chi connectivity index (χ1) is 25.0. The molecule has 1 fully saturated rings. The number of halogens is 10. The lowest BCUT2D eigenvalue weighted by Crippen LogP contribution is -2.49. The summed E-state index contributed by atoms with van der Waals surface area (Å²) in [6.45, 7) is 4.51. The summed E-state index contributed by atoms with van der Waals surface area (Å²) in [4.78, 5) is 69.4. The van der Waals surface area contributed by atoms with Gasteiger partial charge in [-0.1, -0.05) is 11.6 Å². The molecule has 292 valence electrons. The molecule has 3 N–H and O–H groups in total. The normalized spacial score (nSPS) is 14.4. The molecule has 23 heteroatoms. The van der Waals surface area contributed by atoms with E-state index in [-0.39, 0.29) is 18.4 Å². The number of aromatic nitrogens is 3. The second-order valence-corrected chi connectivity index (χ2v) is 11.6. The van der Waals surface area contributed by atoms with E-state index in [0.29, 0.717) is 49.4 Å². The predicted molar refractivity (Wildman–Crippen MR) is 173 cm³/mol. The SMILES string of the molecule is CC(=O)N1CCN(CC(=O)Nc2ccc3cc2CCc2cncc(c2)Nc2ncc(Cl)c(n2)N3)CC1.O=C(C(=O)C(F)(F)F)C(F)(F)F.O=CC(F)(F)F. The van der Waals surface area contributed by atoms with Crippen LogP contribution in [-0.2, 0) is 36.8 Å². The van der Waals surface area contributed by atoms with Crippen molar-refractivity contribution in [1.82, 2.24) is 24.8 Å². The van der Waals surface area contributed by atoms with Gasteiger partial charge in [-0.25, -0.2) is 4.98 Å². The number of aryl methyl sites for hydroxylation is 2. The van der Waals surface area contributed by atoms with Gasteiger partial charge in [0.25, 0.3) is 0 Å². The van der Waals surface area contributed by atoms with Gasteiger partial charge in [0.05, 0.1) is 24.6 Å². The third-order valence-electron chi connectivity index (χ3n) is 7.16. The smallest absolute Gasteiger partial charge is 0.340 e. The number of Topliss-reactive ketones (excluding diaryl/α,β-unsaturated/α-hetero) is 2. The number of amides is 2. The number of alkyl halides is 9. The Morgan fingerprint density at radius 2 is 1.46 bits per heavy atom. The first-order valence-corrected chi connectivity index (χ1v) is 15.6. The lowest BCUT2D eigenvalue weighted by atomic mass is 10.0. The number of hydrogen-bond acceptors (Lipinski definition) is 11. The van der Waals surface area contributed by atoms with Gasteiger partial charge < -0.3 is 20.9 Å². The lowest BCUT2D eigenvalue weighted by Gasteiger charge is -2.33. The second-order valence-electron chi connectivity index (χ2n) is 11.2. The molecule has 54 heavy (non-hydrogen) atoms. The number of piperazine rings is 1. The molecule has 1 aromatic carbocycles. The number of ketones is 2. The Balaban J connectivity index is 0.000000362. The summed E-state index contributed by atoms with van der Waals surface area (Å²) in [5, 5.41) is 9.92. The fourth-order valence-corrected chi connectivity index (χ4v) is 4.76. The Bertz CT molecular complexity index is 1830. The highest BCUT2D eigenvalue weighted by Gasteiger charge is 2.54. The van der Waals surface area contributed by atoms with Crippen molar-refractivity contribution in [3.8, 4) is 0 Å². The average Bonchev–Trinajstić information content (AvgIpc) is 3.09. The Labute approximate surface area is 304 Å². The van der Waals surface area contributed by atoms with Crippen molar-refractivity contribution in [1.29, 1.82) is 0 Å². The van der Waals surface area contributed by atoms with Crippen LogP contribution in [0.2, 0.25) is 5.02 Å². The van der Waals surface area contributed by atoms with Crippen LogP contribution >= 0.6 is 11.6 Å². The van der Waals surface area contributed by atoms with Crippen LogP contribution < -0.4 is 16.0 Å². The zero-order valence-corrected chi connectivity index (χ0v) is 28.4. The summed E-state index contributed by atoms with van der Waals surface area (Å²) in [7, 11) is 0. The molecule has 6 bridgehead atoms. The van der Waals surface area contributed by atoms with Gasteiger partial charge in [-0.05, 0) is 48.2 Å². The van der Waals surface area contributed by atoms with E-state index < -0.39 is 36.4 Å². The first-order valence-electron chi connectivity index (χ1n) is 15.2. The van der Waals surface area contributed by atoms with Gasteiger partial charge in [0.15, 0.2) is 5.82 Å². The van der Waals surface area contributed by atoms with E-state index >= 15 is 0 Å². The maximum Gasteiger partial charge on any atom is 0.458 e. The number of carbonyl (C=O) groups is 5. The van der Waals surface area contributed by atoms with Crippen molar-refractivity contribution in [2.24, 2.45) is 0 Å². The molecule has 3 aromatic rings. The van der Waals surface area contributed by atoms with Crippen LogP contribution in [0.1, 0.15) is 18.1 Å². The van der Waals surface area contributed by atoms with Crippen LogP contribution in [0, 0.1) is 0 Å². The van der Waals surface area contributed by atoms with Gasteiger partial charge >= 0.3 is 30.1 Å². The minimum absolute atomic E-state index is 0.0730. The summed E-state index contributed by atoms with van der Waals surface area (Å²) in [5.74, 6) is -5.94. The zero-order chi connectivity index (χ0) is 40.4. The number of carbonyl (C=O) groups excluding carboxylic acids is 5. The number of anilines is 5. The molecule has 2 aliphatic heterocycles. The molecule has 0 saturated carbocycles. The quantitative estimate of drug-likeness (QED) is 0.180. The molecule has 0 spiro atoms. The van der Waals surface area contributed by atoms with Gasteiger partial charge in [0.2, 0.25) is 24.0 Å². The number of nitrogens with one attached hydrogen (secondary N) is 3. The fourth-order valence-electron chi connectivity index (χ4n) is 4.62. The van der Waals surface area contributed by atoms with Crippen molar-refractivity contribution < 1.29 is 63.5 Å². The van der Waals surface area contributed by atoms with E-state index in [0.717, 1.165) is 34.6 Å². The van der Waals surface area contributed by atoms with E-state index in [2.05, 4.69) is 35.8 Å². The highest BCUT2D eigenvalue weighted by molar-refractivity contribution is 6.41. The third-order valence-corrected chi connectivity index (χ3v) is 7.44. The lowest BCUT2D eigenvalue weighted by molar-refractivity contribution is -0.193. The summed E-state index contributed by atoms with van der Waals surface area (Å²) < 4.78 is 98.2. The van der Waals surface area contributed by atoms with Gasteiger partial charge in [0.1, 0.15) is 5.02 Å². The van der Waals surface area contributed by atoms with E-state index in [1.165, 1.54) is 0 Å². The van der Waals surface area contributed by atoms with Gasteiger partial charge in [-0.2, -0.15) is 44.5 Å². The molecule has 0 atom stereocenters.